The molecule has 0 bridgehead atoms. The molecule has 1 aromatic rings. The smallest absolute Gasteiger partial charge is 0.319 e. The van der Waals surface area contributed by atoms with E-state index in [9.17, 15) is 9.90 Å². The van der Waals surface area contributed by atoms with Crippen LogP contribution < -0.4 is 10.1 Å². The first-order valence-corrected chi connectivity index (χ1v) is 6.33. The lowest BCUT2D eigenvalue weighted by atomic mass is 10.2. The Balaban J connectivity index is 2.25. The Bertz CT molecular complexity index is 395. The molecule has 19 heavy (non-hydrogen) atoms. The molecular weight excluding hydrogens is 246 g/mol. The van der Waals surface area contributed by atoms with E-state index in [4.69, 9.17) is 4.74 Å². The highest BCUT2D eigenvalue weighted by molar-refractivity contribution is 5.71. The maximum absolute atomic E-state index is 10.8. The second kappa shape index (κ2) is 8.50. The van der Waals surface area contributed by atoms with Crippen LogP contribution >= 0.6 is 0 Å². The van der Waals surface area contributed by atoms with E-state index >= 15 is 0 Å². The van der Waals surface area contributed by atoms with E-state index in [1.807, 2.05) is 24.3 Å². The van der Waals surface area contributed by atoms with Crippen LogP contribution in [0.15, 0.2) is 24.3 Å². The van der Waals surface area contributed by atoms with Crippen LogP contribution in [-0.4, -0.2) is 44.0 Å². The van der Waals surface area contributed by atoms with Gasteiger partial charge in [0.05, 0.1) is 13.7 Å². The molecule has 2 N–H and O–H groups in total. The summed E-state index contributed by atoms with van der Waals surface area (Å²) in [6.07, 6.45) is 0.274. The topological polar surface area (TPSA) is 67.8 Å². The van der Waals surface area contributed by atoms with Gasteiger partial charge >= 0.3 is 5.97 Å². The first-order chi connectivity index (χ1) is 9.15. The lowest BCUT2D eigenvalue weighted by molar-refractivity contribution is -0.139. The number of methoxy groups -OCH3 is 1. The van der Waals surface area contributed by atoms with Gasteiger partial charge in [0, 0.05) is 6.54 Å². The van der Waals surface area contributed by atoms with Gasteiger partial charge in [0.15, 0.2) is 0 Å². The van der Waals surface area contributed by atoms with E-state index in [1.165, 1.54) is 12.7 Å². The molecule has 5 nitrogen and oxygen atoms in total. The number of hydrogen-bond acceptors (Lipinski definition) is 5. The van der Waals surface area contributed by atoms with Gasteiger partial charge in [0.1, 0.15) is 18.5 Å². The van der Waals surface area contributed by atoms with E-state index in [0.29, 0.717) is 0 Å². The fraction of sp³-hybridized carbons (Fsp3) is 0.500. The minimum atomic E-state index is -0.671. The molecule has 0 fully saturated rings. The first-order valence-electron chi connectivity index (χ1n) is 6.33. The maximum Gasteiger partial charge on any atom is 0.319 e. The Hall–Kier alpha value is -1.59. The standard InChI is InChI=1S/C14H21NO4/c1-3-11-5-4-6-13(7-11)19-10-12(16)8-15-9-14(17)18-2/h4-7,12,15-16H,3,8-10H2,1-2H3. The monoisotopic (exact) mass is 267 g/mol. The van der Waals surface area contributed by atoms with Crippen molar-refractivity contribution in [1.82, 2.24) is 5.32 Å². The molecule has 0 saturated heterocycles. The van der Waals surface area contributed by atoms with Crippen LogP contribution in [0.5, 0.6) is 5.75 Å². The van der Waals surface area contributed by atoms with Gasteiger partial charge in [-0.05, 0) is 24.1 Å². The molecule has 106 valence electrons. The lowest BCUT2D eigenvalue weighted by Gasteiger charge is -2.13. The number of ether oxygens (including phenoxy) is 2. The van der Waals surface area contributed by atoms with Gasteiger partial charge in [-0.3, -0.25) is 4.79 Å². The SMILES string of the molecule is CCc1cccc(OCC(O)CNCC(=O)OC)c1. The van der Waals surface area contributed by atoms with Crippen LogP contribution in [0.25, 0.3) is 0 Å². The summed E-state index contributed by atoms with van der Waals surface area (Å²) in [6.45, 7) is 2.62. The number of carbonyl (C=O) groups is 1. The molecule has 0 aliphatic rings. The average Bonchev–Trinajstić information content (AvgIpc) is 2.45. The van der Waals surface area contributed by atoms with E-state index in [1.54, 1.807) is 0 Å². The van der Waals surface area contributed by atoms with Crippen LogP contribution in [0.3, 0.4) is 0 Å². The van der Waals surface area contributed by atoms with Crippen LogP contribution in [0.2, 0.25) is 0 Å². The Morgan fingerprint density at radius 1 is 1.47 bits per heavy atom. The van der Waals surface area contributed by atoms with Gasteiger partial charge in [-0.2, -0.15) is 0 Å². The molecule has 0 radical (unpaired) electrons. The van der Waals surface area contributed by atoms with Crippen molar-refractivity contribution < 1.29 is 19.4 Å². The predicted octanol–water partition coefficient (Wildman–Crippen LogP) is 0.751. The maximum atomic E-state index is 10.8. The molecule has 5 heteroatoms. The second-order valence-electron chi connectivity index (χ2n) is 4.17. The minimum Gasteiger partial charge on any atom is -0.491 e. The summed E-state index contributed by atoms with van der Waals surface area (Å²) >= 11 is 0. The number of aliphatic hydroxyl groups excluding tert-OH is 1. The fourth-order valence-corrected chi connectivity index (χ4v) is 1.52. The van der Waals surface area contributed by atoms with Crippen molar-refractivity contribution in [1.29, 1.82) is 0 Å². The van der Waals surface area contributed by atoms with Gasteiger partial charge in [0.25, 0.3) is 0 Å². The van der Waals surface area contributed by atoms with Crippen molar-refractivity contribution in [2.45, 2.75) is 19.4 Å². The van der Waals surface area contributed by atoms with E-state index in [2.05, 4.69) is 17.0 Å². The summed E-state index contributed by atoms with van der Waals surface area (Å²) in [7, 11) is 1.32. The number of carbonyl (C=O) groups excluding carboxylic acids is 1. The third kappa shape index (κ3) is 6.22. The minimum absolute atomic E-state index is 0.0822. The predicted molar refractivity (Wildman–Crippen MR) is 72.2 cm³/mol. The number of aryl methyl sites for hydroxylation is 1. The van der Waals surface area contributed by atoms with Crippen LogP contribution in [-0.2, 0) is 16.0 Å². The van der Waals surface area contributed by atoms with E-state index < -0.39 is 6.10 Å². The van der Waals surface area contributed by atoms with Crippen molar-refractivity contribution in [3.63, 3.8) is 0 Å². The Morgan fingerprint density at radius 3 is 2.95 bits per heavy atom. The van der Waals surface area contributed by atoms with Crippen LogP contribution in [0.4, 0.5) is 0 Å². The summed E-state index contributed by atoms with van der Waals surface area (Å²) in [4.78, 5) is 10.8. The average molecular weight is 267 g/mol. The number of benzene rings is 1. The zero-order valence-corrected chi connectivity index (χ0v) is 11.4. The molecule has 0 amide bonds. The molecule has 1 aromatic carbocycles. The first kappa shape index (κ1) is 15.5. The van der Waals surface area contributed by atoms with Gasteiger partial charge < -0.3 is 19.9 Å². The third-order valence-corrected chi connectivity index (χ3v) is 2.63. The van der Waals surface area contributed by atoms with Crippen molar-refractivity contribution in [3.8, 4) is 5.75 Å². The molecule has 1 atom stereocenters. The molecule has 1 unspecified atom stereocenters. The third-order valence-electron chi connectivity index (χ3n) is 2.63. The van der Waals surface area contributed by atoms with Gasteiger partial charge in [-0.25, -0.2) is 0 Å². The quantitative estimate of drug-likeness (QED) is 0.680. The molecule has 0 heterocycles. The number of hydrogen-bond donors (Lipinski definition) is 2. The molecule has 0 aliphatic heterocycles. The Morgan fingerprint density at radius 2 is 2.26 bits per heavy atom. The highest BCUT2D eigenvalue weighted by Gasteiger charge is 2.07. The molecule has 0 saturated carbocycles. The zero-order valence-electron chi connectivity index (χ0n) is 11.4. The number of esters is 1. The van der Waals surface area contributed by atoms with Crippen molar-refractivity contribution in [3.05, 3.63) is 29.8 Å². The van der Waals surface area contributed by atoms with Crippen LogP contribution in [0, 0.1) is 0 Å². The summed E-state index contributed by atoms with van der Waals surface area (Å²) in [5.74, 6) is 0.384. The van der Waals surface area contributed by atoms with Gasteiger partial charge in [-0.15, -0.1) is 0 Å². The Labute approximate surface area is 113 Å². The normalized spacial score (nSPS) is 11.9. The fourth-order valence-electron chi connectivity index (χ4n) is 1.52. The highest BCUT2D eigenvalue weighted by atomic mass is 16.5. The van der Waals surface area contributed by atoms with Gasteiger partial charge in [0.2, 0.25) is 0 Å². The van der Waals surface area contributed by atoms with Crippen molar-refractivity contribution in [2.75, 3.05) is 26.8 Å². The highest BCUT2D eigenvalue weighted by Crippen LogP contribution is 2.13. The molecule has 0 spiro atoms. The molecular formula is C14H21NO4. The van der Waals surface area contributed by atoms with E-state index in [-0.39, 0.29) is 25.7 Å². The zero-order chi connectivity index (χ0) is 14.1. The summed E-state index contributed by atoms with van der Waals surface area (Å²) in [5.41, 5.74) is 1.19. The molecule has 0 aromatic heterocycles. The number of nitrogens with one attached hydrogen (secondary N) is 1. The van der Waals surface area contributed by atoms with Gasteiger partial charge in [-0.1, -0.05) is 19.1 Å². The number of aliphatic hydroxyl groups is 1. The van der Waals surface area contributed by atoms with Crippen LogP contribution in [0.1, 0.15) is 12.5 Å². The molecule has 1 rings (SSSR count). The largest absolute Gasteiger partial charge is 0.491 e. The summed E-state index contributed by atoms with van der Waals surface area (Å²) in [6, 6.07) is 7.76. The van der Waals surface area contributed by atoms with Crippen molar-refractivity contribution >= 4 is 5.97 Å². The number of rotatable bonds is 8. The summed E-state index contributed by atoms with van der Waals surface area (Å²) < 4.78 is 9.96. The van der Waals surface area contributed by atoms with Crippen molar-refractivity contribution in [2.24, 2.45) is 0 Å². The lowest BCUT2D eigenvalue weighted by Crippen LogP contribution is -2.34. The van der Waals surface area contributed by atoms with E-state index in [0.717, 1.165) is 12.2 Å². The Kier molecular flexibility index (Phi) is 6.92. The molecule has 0 aliphatic carbocycles. The summed E-state index contributed by atoms with van der Waals surface area (Å²) in [5, 5.41) is 12.5. The second-order valence-corrected chi connectivity index (χ2v) is 4.17.